The number of benzene rings is 1. The minimum Gasteiger partial charge on any atom is -0.328 e. The zero-order chi connectivity index (χ0) is 10.8. The van der Waals surface area contributed by atoms with Gasteiger partial charge in [0.2, 0.25) is 0 Å². The number of rotatable bonds is 3. The van der Waals surface area contributed by atoms with Gasteiger partial charge >= 0.3 is 0 Å². The summed E-state index contributed by atoms with van der Waals surface area (Å²) < 4.78 is 2.32. The number of fused-ring (bicyclic) bond motifs is 1. The van der Waals surface area contributed by atoms with Crippen LogP contribution in [0.5, 0.6) is 0 Å². The van der Waals surface area contributed by atoms with Crippen molar-refractivity contribution in [3.05, 3.63) is 30.1 Å². The second kappa shape index (κ2) is 4.05. The zero-order valence-corrected chi connectivity index (χ0v) is 9.70. The third-order valence-electron chi connectivity index (χ3n) is 3.04. The SMILES string of the molecule is CC[C@H](C)Cn1c(C)nc2ccccc21. The Bertz CT molecular complexity index is 457. The van der Waals surface area contributed by atoms with Gasteiger partial charge in [-0.1, -0.05) is 32.4 Å². The highest BCUT2D eigenvalue weighted by Gasteiger charge is 2.08. The Hall–Kier alpha value is -1.31. The van der Waals surface area contributed by atoms with Crippen molar-refractivity contribution in [2.24, 2.45) is 5.92 Å². The van der Waals surface area contributed by atoms with E-state index in [2.05, 4.69) is 48.5 Å². The lowest BCUT2D eigenvalue weighted by Gasteiger charge is -2.11. The average Bonchev–Trinajstić information content (AvgIpc) is 2.55. The molecule has 1 atom stereocenters. The maximum absolute atomic E-state index is 4.56. The third kappa shape index (κ3) is 1.89. The Morgan fingerprint density at radius 2 is 2.07 bits per heavy atom. The van der Waals surface area contributed by atoms with Crippen LogP contribution in [-0.2, 0) is 6.54 Å². The van der Waals surface area contributed by atoms with Crippen LogP contribution >= 0.6 is 0 Å². The van der Waals surface area contributed by atoms with Crippen molar-refractivity contribution in [2.75, 3.05) is 0 Å². The molecule has 0 aliphatic carbocycles. The summed E-state index contributed by atoms with van der Waals surface area (Å²) in [6, 6.07) is 8.35. The number of hydrogen-bond donors (Lipinski definition) is 0. The summed E-state index contributed by atoms with van der Waals surface area (Å²) >= 11 is 0. The average molecular weight is 202 g/mol. The van der Waals surface area contributed by atoms with E-state index in [-0.39, 0.29) is 0 Å². The van der Waals surface area contributed by atoms with E-state index in [0.29, 0.717) is 5.92 Å². The molecule has 15 heavy (non-hydrogen) atoms. The molecule has 0 fully saturated rings. The Morgan fingerprint density at radius 1 is 1.33 bits per heavy atom. The monoisotopic (exact) mass is 202 g/mol. The molecule has 0 unspecified atom stereocenters. The van der Waals surface area contributed by atoms with Gasteiger partial charge in [0.25, 0.3) is 0 Å². The Balaban J connectivity index is 2.45. The van der Waals surface area contributed by atoms with E-state index < -0.39 is 0 Å². The zero-order valence-electron chi connectivity index (χ0n) is 9.70. The van der Waals surface area contributed by atoms with Crippen molar-refractivity contribution in [2.45, 2.75) is 33.7 Å². The Morgan fingerprint density at radius 3 is 2.80 bits per heavy atom. The lowest BCUT2D eigenvalue weighted by atomic mass is 10.1. The van der Waals surface area contributed by atoms with Crippen molar-refractivity contribution in [1.82, 2.24) is 9.55 Å². The summed E-state index contributed by atoms with van der Waals surface area (Å²) in [5.74, 6) is 1.83. The molecule has 0 radical (unpaired) electrons. The summed E-state index contributed by atoms with van der Waals surface area (Å²) in [7, 11) is 0. The topological polar surface area (TPSA) is 17.8 Å². The molecule has 0 saturated heterocycles. The summed E-state index contributed by atoms with van der Waals surface area (Å²) in [4.78, 5) is 4.56. The fourth-order valence-electron chi connectivity index (χ4n) is 1.87. The second-order valence-corrected chi connectivity index (χ2v) is 4.27. The number of aryl methyl sites for hydroxylation is 1. The van der Waals surface area contributed by atoms with E-state index in [1.165, 1.54) is 11.9 Å². The van der Waals surface area contributed by atoms with Crippen LogP contribution < -0.4 is 0 Å². The number of nitrogens with zero attached hydrogens (tertiary/aromatic N) is 2. The normalized spacial score (nSPS) is 13.3. The highest BCUT2D eigenvalue weighted by Crippen LogP contribution is 2.17. The molecule has 80 valence electrons. The molecule has 1 heterocycles. The molecule has 2 aromatic rings. The predicted octanol–water partition coefficient (Wildman–Crippen LogP) is 3.39. The van der Waals surface area contributed by atoms with Crippen LogP contribution in [0.2, 0.25) is 0 Å². The smallest absolute Gasteiger partial charge is 0.106 e. The van der Waals surface area contributed by atoms with Crippen molar-refractivity contribution in [1.29, 1.82) is 0 Å². The third-order valence-corrected chi connectivity index (χ3v) is 3.04. The predicted molar refractivity (Wildman–Crippen MR) is 63.9 cm³/mol. The number of imidazole rings is 1. The molecule has 0 amide bonds. The Kier molecular flexibility index (Phi) is 2.76. The van der Waals surface area contributed by atoms with E-state index in [1.807, 2.05) is 6.07 Å². The molecule has 1 aromatic heterocycles. The van der Waals surface area contributed by atoms with E-state index in [0.717, 1.165) is 17.9 Å². The van der Waals surface area contributed by atoms with Crippen molar-refractivity contribution in [3.8, 4) is 0 Å². The van der Waals surface area contributed by atoms with Crippen LogP contribution in [-0.4, -0.2) is 9.55 Å². The number of aromatic nitrogens is 2. The van der Waals surface area contributed by atoms with E-state index in [1.54, 1.807) is 0 Å². The number of hydrogen-bond acceptors (Lipinski definition) is 1. The van der Waals surface area contributed by atoms with E-state index in [4.69, 9.17) is 0 Å². The van der Waals surface area contributed by atoms with E-state index >= 15 is 0 Å². The fourth-order valence-corrected chi connectivity index (χ4v) is 1.87. The molecular weight excluding hydrogens is 184 g/mol. The van der Waals surface area contributed by atoms with Gasteiger partial charge in [0, 0.05) is 6.54 Å². The highest BCUT2D eigenvalue weighted by atomic mass is 15.1. The summed E-state index contributed by atoms with van der Waals surface area (Å²) in [5.41, 5.74) is 2.37. The first kappa shape index (κ1) is 10.2. The molecule has 0 aliphatic rings. The fraction of sp³-hybridized carbons (Fsp3) is 0.462. The van der Waals surface area contributed by atoms with Gasteiger partial charge in [-0.15, -0.1) is 0 Å². The van der Waals surface area contributed by atoms with Gasteiger partial charge in [0.05, 0.1) is 11.0 Å². The molecule has 0 saturated carbocycles. The van der Waals surface area contributed by atoms with Crippen LogP contribution in [0.15, 0.2) is 24.3 Å². The van der Waals surface area contributed by atoms with Crippen LogP contribution in [0.4, 0.5) is 0 Å². The van der Waals surface area contributed by atoms with Gasteiger partial charge in [-0.3, -0.25) is 0 Å². The molecule has 0 spiro atoms. The van der Waals surface area contributed by atoms with Gasteiger partial charge in [0.15, 0.2) is 0 Å². The van der Waals surface area contributed by atoms with Crippen molar-refractivity contribution < 1.29 is 0 Å². The molecule has 0 bridgehead atoms. The molecule has 1 aromatic carbocycles. The minimum absolute atomic E-state index is 0.710. The standard InChI is InChI=1S/C13H18N2/c1-4-10(2)9-15-11(3)14-12-7-5-6-8-13(12)15/h5-8,10H,4,9H2,1-3H3/t10-/m0/s1. The van der Waals surface area contributed by atoms with Crippen LogP contribution in [0.25, 0.3) is 11.0 Å². The maximum atomic E-state index is 4.56. The first-order valence-electron chi connectivity index (χ1n) is 5.64. The van der Waals surface area contributed by atoms with Crippen LogP contribution in [0, 0.1) is 12.8 Å². The first-order chi connectivity index (χ1) is 7.22. The summed E-state index contributed by atoms with van der Waals surface area (Å²) in [5, 5.41) is 0. The van der Waals surface area contributed by atoms with Crippen molar-refractivity contribution in [3.63, 3.8) is 0 Å². The lowest BCUT2D eigenvalue weighted by Crippen LogP contribution is -2.08. The quantitative estimate of drug-likeness (QED) is 0.746. The van der Waals surface area contributed by atoms with Gasteiger partial charge < -0.3 is 4.57 Å². The number of para-hydroxylation sites is 2. The largest absolute Gasteiger partial charge is 0.328 e. The van der Waals surface area contributed by atoms with Gasteiger partial charge in [0.1, 0.15) is 5.82 Å². The lowest BCUT2D eigenvalue weighted by molar-refractivity contribution is 0.470. The summed E-state index contributed by atoms with van der Waals surface area (Å²) in [6.45, 7) is 7.68. The van der Waals surface area contributed by atoms with Gasteiger partial charge in [-0.25, -0.2) is 4.98 Å². The Labute approximate surface area is 90.9 Å². The molecule has 2 nitrogen and oxygen atoms in total. The minimum atomic E-state index is 0.710. The second-order valence-electron chi connectivity index (χ2n) is 4.27. The maximum Gasteiger partial charge on any atom is 0.106 e. The molecule has 2 heteroatoms. The summed E-state index contributed by atoms with van der Waals surface area (Å²) in [6.07, 6.45) is 1.21. The van der Waals surface area contributed by atoms with Crippen LogP contribution in [0.3, 0.4) is 0 Å². The van der Waals surface area contributed by atoms with E-state index in [9.17, 15) is 0 Å². The molecule has 0 aliphatic heterocycles. The van der Waals surface area contributed by atoms with Crippen molar-refractivity contribution >= 4 is 11.0 Å². The highest BCUT2D eigenvalue weighted by molar-refractivity contribution is 5.75. The first-order valence-corrected chi connectivity index (χ1v) is 5.64. The van der Waals surface area contributed by atoms with Gasteiger partial charge in [-0.05, 0) is 25.0 Å². The molecule has 0 N–H and O–H groups in total. The van der Waals surface area contributed by atoms with Gasteiger partial charge in [-0.2, -0.15) is 0 Å². The molecular formula is C13H18N2. The molecule has 2 rings (SSSR count). The van der Waals surface area contributed by atoms with Crippen LogP contribution in [0.1, 0.15) is 26.1 Å².